The summed E-state index contributed by atoms with van der Waals surface area (Å²) in [6.07, 6.45) is 14.7. The first-order valence-corrected chi connectivity index (χ1v) is 14.0. The van der Waals surface area contributed by atoms with Gasteiger partial charge in [0.2, 0.25) is 5.91 Å². The molecule has 0 radical (unpaired) electrons. The molecule has 192 valence electrons. The van der Waals surface area contributed by atoms with Crippen molar-refractivity contribution < 1.29 is 9.59 Å². The van der Waals surface area contributed by atoms with Gasteiger partial charge in [-0.1, -0.05) is 73.0 Å². The fourth-order valence-electron chi connectivity index (χ4n) is 7.13. The molecule has 2 heterocycles. The van der Waals surface area contributed by atoms with Gasteiger partial charge in [0.15, 0.2) is 0 Å². The Kier molecular flexibility index (Phi) is 6.62. The van der Waals surface area contributed by atoms with Crippen LogP contribution >= 0.6 is 0 Å². The number of fused-ring (bicyclic) bond motifs is 3. The van der Waals surface area contributed by atoms with E-state index in [0.717, 1.165) is 50.8 Å². The number of benzene rings is 2. The van der Waals surface area contributed by atoms with Crippen LogP contribution in [0.4, 0.5) is 5.69 Å². The highest BCUT2D eigenvalue weighted by Crippen LogP contribution is 2.50. The van der Waals surface area contributed by atoms with Crippen molar-refractivity contribution in [2.24, 2.45) is 17.8 Å². The Balaban J connectivity index is 1.28. The third-order valence-corrected chi connectivity index (χ3v) is 8.95. The molecule has 2 aliphatic carbocycles. The number of hydrogen-bond donors (Lipinski definition) is 2. The van der Waals surface area contributed by atoms with Crippen LogP contribution in [0.3, 0.4) is 0 Å². The number of allylic oxidation sites excluding steroid dienone is 3. The van der Waals surface area contributed by atoms with E-state index in [9.17, 15) is 9.59 Å². The Hall–Kier alpha value is -3.34. The van der Waals surface area contributed by atoms with E-state index in [-0.39, 0.29) is 29.8 Å². The molecule has 2 amide bonds. The van der Waals surface area contributed by atoms with Gasteiger partial charge >= 0.3 is 0 Å². The molecule has 6 rings (SSSR count). The van der Waals surface area contributed by atoms with E-state index in [2.05, 4.69) is 65.0 Å². The standard InChI is InChI=1S/C32H37N3O2/c1-21-16-17-28-26(20-21)30-25(29(33-28)22-10-4-2-5-11-22)18-19-35(30)32(37)24-14-8-9-15-27(24)34-31(36)23-12-6-3-7-13-23/h2-7,10,12-13,16-17,20,22,24-25,27,29-30,33H,8-9,11,14-15,18-19H2,1H3,(H,34,36)/t22?,24-,25+,27+,29-,30+/m0/s1. The highest BCUT2D eigenvalue weighted by Gasteiger charge is 2.49. The normalized spacial score (nSPS) is 30.2. The summed E-state index contributed by atoms with van der Waals surface area (Å²) >= 11 is 0. The Morgan fingerprint density at radius 3 is 2.65 bits per heavy atom. The maximum absolute atomic E-state index is 14.3. The quantitative estimate of drug-likeness (QED) is 0.564. The van der Waals surface area contributed by atoms with Crippen molar-refractivity contribution in [3.05, 3.63) is 89.5 Å². The summed E-state index contributed by atoms with van der Waals surface area (Å²) in [4.78, 5) is 29.5. The van der Waals surface area contributed by atoms with Crippen molar-refractivity contribution in [1.82, 2.24) is 10.2 Å². The van der Waals surface area contributed by atoms with E-state index < -0.39 is 0 Å². The number of nitrogens with zero attached hydrogens (tertiary/aromatic N) is 1. The zero-order valence-corrected chi connectivity index (χ0v) is 21.6. The number of nitrogens with one attached hydrogen (secondary N) is 2. The molecular formula is C32H37N3O2. The van der Waals surface area contributed by atoms with Crippen LogP contribution in [-0.4, -0.2) is 35.3 Å². The molecule has 1 saturated carbocycles. The molecule has 0 aromatic heterocycles. The van der Waals surface area contributed by atoms with Crippen LogP contribution in [0.25, 0.3) is 0 Å². The zero-order valence-electron chi connectivity index (χ0n) is 21.6. The predicted octanol–water partition coefficient (Wildman–Crippen LogP) is 5.80. The lowest BCUT2D eigenvalue weighted by Crippen LogP contribution is -2.51. The fraction of sp³-hybridized carbons (Fsp3) is 0.438. The molecule has 2 fully saturated rings. The smallest absolute Gasteiger partial charge is 0.251 e. The second-order valence-electron chi connectivity index (χ2n) is 11.2. The molecule has 37 heavy (non-hydrogen) atoms. The number of aryl methyl sites for hydroxylation is 1. The minimum absolute atomic E-state index is 0.0790. The number of hydrogen-bond acceptors (Lipinski definition) is 3. The summed E-state index contributed by atoms with van der Waals surface area (Å²) in [6.45, 7) is 2.91. The molecule has 6 atom stereocenters. The number of anilines is 1. The number of amides is 2. The van der Waals surface area contributed by atoms with Crippen LogP contribution in [-0.2, 0) is 4.79 Å². The summed E-state index contributed by atoms with van der Waals surface area (Å²) in [5.74, 6) is 0.775. The minimum Gasteiger partial charge on any atom is -0.381 e. The lowest BCUT2D eigenvalue weighted by Gasteiger charge is -2.44. The second-order valence-corrected chi connectivity index (χ2v) is 11.2. The Morgan fingerprint density at radius 1 is 1.00 bits per heavy atom. The summed E-state index contributed by atoms with van der Waals surface area (Å²) in [7, 11) is 0. The SMILES string of the molecule is Cc1ccc2c(c1)[C@H]1[C@H](CCN1C(=O)[C@H]1CCCC[C@H]1NC(=O)c1ccccc1)[C@H](C1C=CC=CC1)N2. The van der Waals surface area contributed by atoms with Crippen molar-refractivity contribution in [1.29, 1.82) is 0 Å². The van der Waals surface area contributed by atoms with Crippen LogP contribution in [0.5, 0.6) is 0 Å². The predicted molar refractivity (Wildman–Crippen MR) is 147 cm³/mol. The van der Waals surface area contributed by atoms with E-state index in [1.807, 2.05) is 30.3 Å². The number of carbonyl (C=O) groups is 2. The fourth-order valence-corrected chi connectivity index (χ4v) is 7.13. The van der Waals surface area contributed by atoms with Gasteiger partial charge in [-0.2, -0.15) is 0 Å². The van der Waals surface area contributed by atoms with Crippen LogP contribution in [0.2, 0.25) is 0 Å². The third kappa shape index (κ3) is 4.60. The molecule has 1 saturated heterocycles. The molecule has 0 spiro atoms. The molecule has 2 aromatic carbocycles. The molecule has 1 unspecified atom stereocenters. The Morgan fingerprint density at radius 2 is 1.84 bits per heavy atom. The van der Waals surface area contributed by atoms with Gasteiger partial charge < -0.3 is 15.5 Å². The van der Waals surface area contributed by atoms with Crippen LogP contribution in [0.1, 0.15) is 66.1 Å². The number of carbonyl (C=O) groups excluding carboxylic acids is 2. The lowest BCUT2D eigenvalue weighted by molar-refractivity contribution is -0.139. The Bertz CT molecular complexity index is 1220. The highest BCUT2D eigenvalue weighted by molar-refractivity contribution is 5.95. The average Bonchev–Trinajstić information content (AvgIpc) is 3.39. The van der Waals surface area contributed by atoms with Crippen molar-refractivity contribution in [3.8, 4) is 0 Å². The van der Waals surface area contributed by atoms with Gasteiger partial charge in [0.25, 0.3) is 5.91 Å². The van der Waals surface area contributed by atoms with E-state index >= 15 is 0 Å². The maximum Gasteiger partial charge on any atom is 0.251 e. The van der Waals surface area contributed by atoms with Crippen molar-refractivity contribution in [2.45, 2.75) is 63.6 Å². The topological polar surface area (TPSA) is 61.4 Å². The monoisotopic (exact) mass is 495 g/mol. The second kappa shape index (κ2) is 10.2. The van der Waals surface area contributed by atoms with Gasteiger partial charge in [0.05, 0.1) is 12.0 Å². The summed E-state index contributed by atoms with van der Waals surface area (Å²) < 4.78 is 0. The summed E-state index contributed by atoms with van der Waals surface area (Å²) in [5, 5.41) is 7.11. The molecule has 4 aliphatic rings. The first-order chi connectivity index (χ1) is 18.1. The minimum atomic E-state index is -0.167. The molecule has 2 N–H and O–H groups in total. The number of rotatable bonds is 4. The van der Waals surface area contributed by atoms with Gasteiger partial charge in [-0.3, -0.25) is 9.59 Å². The highest BCUT2D eigenvalue weighted by atomic mass is 16.2. The number of likely N-dealkylation sites (tertiary alicyclic amines) is 1. The Labute approximate surface area is 220 Å². The third-order valence-electron chi connectivity index (χ3n) is 8.95. The molecule has 2 aliphatic heterocycles. The van der Waals surface area contributed by atoms with Crippen molar-refractivity contribution >= 4 is 17.5 Å². The van der Waals surface area contributed by atoms with Crippen molar-refractivity contribution in [2.75, 3.05) is 11.9 Å². The molecule has 2 aromatic rings. The molecule has 5 nitrogen and oxygen atoms in total. The first-order valence-electron chi connectivity index (χ1n) is 14.0. The van der Waals surface area contributed by atoms with Gasteiger partial charge in [0.1, 0.15) is 0 Å². The maximum atomic E-state index is 14.3. The van der Waals surface area contributed by atoms with E-state index in [0.29, 0.717) is 23.4 Å². The largest absolute Gasteiger partial charge is 0.381 e. The first kappa shape index (κ1) is 24.0. The molecule has 5 heteroatoms. The zero-order chi connectivity index (χ0) is 25.4. The van der Waals surface area contributed by atoms with Crippen LogP contribution in [0, 0.1) is 24.7 Å². The van der Waals surface area contributed by atoms with E-state index in [4.69, 9.17) is 0 Å². The average molecular weight is 496 g/mol. The molecule has 0 bridgehead atoms. The van der Waals surface area contributed by atoms with Gasteiger partial charge in [-0.25, -0.2) is 0 Å². The van der Waals surface area contributed by atoms with Gasteiger partial charge in [-0.05, 0) is 56.4 Å². The van der Waals surface area contributed by atoms with Crippen LogP contribution in [0.15, 0.2) is 72.8 Å². The van der Waals surface area contributed by atoms with Crippen LogP contribution < -0.4 is 10.6 Å². The van der Waals surface area contributed by atoms with E-state index in [1.165, 1.54) is 11.1 Å². The molecular weight excluding hydrogens is 458 g/mol. The van der Waals surface area contributed by atoms with Gasteiger partial charge in [0, 0.05) is 41.7 Å². The summed E-state index contributed by atoms with van der Waals surface area (Å²) in [5.41, 5.74) is 4.30. The lowest BCUT2D eigenvalue weighted by atomic mass is 9.75. The summed E-state index contributed by atoms with van der Waals surface area (Å²) in [6, 6.07) is 16.3. The van der Waals surface area contributed by atoms with E-state index in [1.54, 1.807) is 0 Å². The van der Waals surface area contributed by atoms with Crippen molar-refractivity contribution in [3.63, 3.8) is 0 Å². The van der Waals surface area contributed by atoms with Gasteiger partial charge in [-0.15, -0.1) is 0 Å².